The van der Waals surface area contributed by atoms with Crippen LogP contribution in [0.5, 0.6) is 11.5 Å². The number of thioether (sulfide) groups is 1. The molecule has 1 saturated heterocycles. The number of hydrogen-bond donors (Lipinski definition) is 1. The number of nitrogens with one attached hydrogen (secondary N) is 1. The van der Waals surface area contributed by atoms with E-state index in [9.17, 15) is 18.4 Å². The summed E-state index contributed by atoms with van der Waals surface area (Å²) in [4.78, 5) is 26.5. The highest BCUT2D eigenvalue weighted by molar-refractivity contribution is 8.26. The number of benzene rings is 2. The lowest BCUT2D eigenvalue weighted by Crippen LogP contribution is -2.37. The van der Waals surface area contributed by atoms with Crippen LogP contribution in [-0.4, -0.2) is 40.9 Å². The standard InChI is InChI=1S/C20H14F2N2O4S2/c21-12-2-3-14(22)13(9-12)18(25)23-5-6-24-19(26)17(30-20(24)29)8-11-1-4-15-16(7-11)28-10-27-15/h1-4,7-9H,5-6,10H2,(H,23,25)/b17-8+. The summed E-state index contributed by atoms with van der Waals surface area (Å²) in [5, 5.41) is 2.47. The number of carbonyl (C=O) groups is 2. The Hall–Kier alpha value is -2.98. The summed E-state index contributed by atoms with van der Waals surface area (Å²) in [6, 6.07) is 7.96. The van der Waals surface area contributed by atoms with Crippen LogP contribution in [0.15, 0.2) is 41.3 Å². The van der Waals surface area contributed by atoms with E-state index < -0.39 is 23.1 Å². The van der Waals surface area contributed by atoms with Crippen molar-refractivity contribution in [1.29, 1.82) is 0 Å². The third-order valence-electron chi connectivity index (χ3n) is 4.36. The summed E-state index contributed by atoms with van der Waals surface area (Å²) in [6.07, 6.45) is 1.70. The Kier molecular flexibility index (Phi) is 5.69. The quantitative estimate of drug-likeness (QED) is 0.559. The maximum absolute atomic E-state index is 13.7. The fourth-order valence-electron chi connectivity index (χ4n) is 2.90. The van der Waals surface area contributed by atoms with E-state index in [-0.39, 0.29) is 25.8 Å². The molecule has 2 aliphatic heterocycles. The molecule has 2 aromatic rings. The third-order valence-corrected chi connectivity index (χ3v) is 5.74. The molecule has 2 heterocycles. The highest BCUT2D eigenvalue weighted by Crippen LogP contribution is 2.36. The van der Waals surface area contributed by atoms with Gasteiger partial charge in [-0.2, -0.15) is 0 Å². The van der Waals surface area contributed by atoms with Gasteiger partial charge in [0.05, 0.1) is 10.5 Å². The molecule has 2 aliphatic rings. The third kappa shape index (κ3) is 4.14. The Morgan fingerprint density at radius 3 is 2.83 bits per heavy atom. The molecule has 6 nitrogen and oxygen atoms in total. The van der Waals surface area contributed by atoms with Crippen LogP contribution in [0.2, 0.25) is 0 Å². The first-order valence-corrected chi connectivity index (χ1v) is 10.0. The molecule has 10 heteroatoms. The summed E-state index contributed by atoms with van der Waals surface area (Å²) < 4.78 is 37.8. The van der Waals surface area contributed by atoms with Crippen molar-refractivity contribution in [2.45, 2.75) is 0 Å². The Morgan fingerprint density at radius 1 is 1.20 bits per heavy atom. The van der Waals surface area contributed by atoms with Crippen LogP contribution in [0.3, 0.4) is 0 Å². The number of fused-ring (bicyclic) bond motifs is 1. The van der Waals surface area contributed by atoms with Crippen molar-refractivity contribution in [3.05, 3.63) is 64.1 Å². The monoisotopic (exact) mass is 448 g/mol. The molecule has 154 valence electrons. The van der Waals surface area contributed by atoms with Crippen molar-refractivity contribution in [2.24, 2.45) is 0 Å². The number of hydrogen-bond acceptors (Lipinski definition) is 6. The number of halogens is 2. The van der Waals surface area contributed by atoms with Gasteiger partial charge in [-0.25, -0.2) is 8.78 Å². The smallest absolute Gasteiger partial charge is 0.266 e. The molecule has 0 saturated carbocycles. The lowest BCUT2D eigenvalue weighted by atomic mass is 10.2. The number of thiocarbonyl (C=S) groups is 1. The molecule has 0 spiro atoms. The molecule has 0 atom stereocenters. The van der Waals surface area contributed by atoms with Crippen LogP contribution in [-0.2, 0) is 4.79 Å². The molecule has 0 radical (unpaired) electrons. The first kappa shape index (κ1) is 20.3. The normalized spacial score (nSPS) is 16.5. The van der Waals surface area contributed by atoms with Crippen LogP contribution >= 0.6 is 24.0 Å². The van der Waals surface area contributed by atoms with E-state index in [4.69, 9.17) is 21.7 Å². The predicted molar refractivity (Wildman–Crippen MR) is 111 cm³/mol. The van der Waals surface area contributed by atoms with Gasteiger partial charge in [0, 0.05) is 13.1 Å². The lowest BCUT2D eigenvalue weighted by molar-refractivity contribution is -0.122. The van der Waals surface area contributed by atoms with E-state index in [1.54, 1.807) is 24.3 Å². The van der Waals surface area contributed by atoms with Crippen molar-refractivity contribution in [1.82, 2.24) is 10.2 Å². The van der Waals surface area contributed by atoms with Gasteiger partial charge in [0.15, 0.2) is 11.5 Å². The van der Waals surface area contributed by atoms with Crippen LogP contribution in [0, 0.1) is 11.6 Å². The maximum Gasteiger partial charge on any atom is 0.266 e. The molecular weight excluding hydrogens is 434 g/mol. The van der Waals surface area contributed by atoms with Gasteiger partial charge in [-0.1, -0.05) is 30.0 Å². The van der Waals surface area contributed by atoms with Crippen LogP contribution in [0.25, 0.3) is 6.08 Å². The summed E-state index contributed by atoms with van der Waals surface area (Å²) in [5.41, 5.74) is 0.359. The Balaban J connectivity index is 1.38. The molecular formula is C20H14F2N2O4S2. The van der Waals surface area contributed by atoms with Gasteiger partial charge in [-0.05, 0) is 42.0 Å². The number of amides is 2. The molecule has 1 N–H and O–H groups in total. The zero-order valence-electron chi connectivity index (χ0n) is 15.3. The van der Waals surface area contributed by atoms with Crippen LogP contribution < -0.4 is 14.8 Å². The zero-order chi connectivity index (χ0) is 21.3. The molecule has 0 aromatic heterocycles. The van der Waals surface area contributed by atoms with Crippen molar-refractivity contribution in [3.8, 4) is 11.5 Å². The maximum atomic E-state index is 13.7. The van der Waals surface area contributed by atoms with Gasteiger partial charge < -0.3 is 14.8 Å². The van der Waals surface area contributed by atoms with E-state index in [2.05, 4.69) is 5.32 Å². The van der Waals surface area contributed by atoms with E-state index >= 15 is 0 Å². The minimum atomic E-state index is -0.828. The van der Waals surface area contributed by atoms with E-state index in [0.29, 0.717) is 20.7 Å². The Morgan fingerprint density at radius 2 is 2.00 bits per heavy atom. The summed E-state index contributed by atoms with van der Waals surface area (Å²) in [7, 11) is 0. The Labute approximate surface area is 179 Å². The zero-order valence-corrected chi connectivity index (χ0v) is 16.9. The molecule has 4 rings (SSSR count). The average molecular weight is 448 g/mol. The number of ether oxygens (including phenoxy) is 2. The second kappa shape index (κ2) is 8.41. The molecule has 2 aromatic carbocycles. The first-order chi connectivity index (χ1) is 14.4. The van der Waals surface area contributed by atoms with Crippen molar-refractivity contribution < 1.29 is 27.8 Å². The van der Waals surface area contributed by atoms with Gasteiger partial charge in [0.25, 0.3) is 11.8 Å². The van der Waals surface area contributed by atoms with E-state index in [1.165, 1.54) is 4.90 Å². The second-order valence-electron chi connectivity index (χ2n) is 6.33. The largest absolute Gasteiger partial charge is 0.454 e. The van der Waals surface area contributed by atoms with E-state index in [1.807, 2.05) is 0 Å². The molecule has 0 unspecified atom stereocenters. The van der Waals surface area contributed by atoms with E-state index in [0.717, 1.165) is 35.5 Å². The van der Waals surface area contributed by atoms with Crippen LogP contribution in [0.4, 0.5) is 8.78 Å². The molecule has 1 fully saturated rings. The van der Waals surface area contributed by atoms with Gasteiger partial charge in [-0.3, -0.25) is 14.5 Å². The topological polar surface area (TPSA) is 67.9 Å². The highest BCUT2D eigenvalue weighted by atomic mass is 32.2. The summed E-state index contributed by atoms with van der Waals surface area (Å²) in [6.45, 7) is 0.288. The molecule has 0 aliphatic carbocycles. The minimum Gasteiger partial charge on any atom is -0.454 e. The number of nitrogens with zero attached hydrogens (tertiary/aromatic N) is 1. The predicted octanol–water partition coefficient (Wildman–Crippen LogP) is 3.32. The number of rotatable bonds is 5. The van der Waals surface area contributed by atoms with Crippen molar-refractivity contribution in [2.75, 3.05) is 19.9 Å². The highest BCUT2D eigenvalue weighted by Gasteiger charge is 2.32. The second-order valence-corrected chi connectivity index (χ2v) is 8.00. The lowest BCUT2D eigenvalue weighted by Gasteiger charge is -2.15. The van der Waals surface area contributed by atoms with Crippen molar-refractivity contribution in [3.63, 3.8) is 0 Å². The van der Waals surface area contributed by atoms with Crippen LogP contribution in [0.1, 0.15) is 15.9 Å². The first-order valence-electron chi connectivity index (χ1n) is 8.80. The van der Waals surface area contributed by atoms with Crippen molar-refractivity contribution >= 4 is 46.2 Å². The fraction of sp³-hybridized carbons (Fsp3) is 0.150. The average Bonchev–Trinajstić information content (AvgIpc) is 3.29. The summed E-state index contributed by atoms with van der Waals surface area (Å²) in [5.74, 6) is -1.36. The minimum absolute atomic E-state index is 0.0263. The molecule has 2 amide bonds. The Bertz CT molecular complexity index is 1090. The van der Waals surface area contributed by atoms with Gasteiger partial charge in [0.2, 0.25) is 6.79 Å². The molecule has 0 bridgehead atoms. The van der Waals surface area contributed by atoms with Gasteiger partial charge >= 0.3 is 0 Å². The number of carbonyl (C=O) groups excluding carboxylic acids is 2. The fourth-order valence-corrected chi connectivity index (χ4v) is 4.20. The van der Waals surface area contributed by atoms with Gasteiger partial charge in [-0.15, -0.1) is 0 Å². The molecule has 30 heavy (non-hydrogen) atoms. The summed E-state index contributed by atoms with van der Waals surface area (Å²) >= 11 is 6.40. The van der Waals surface area contributed by atoms with Gasteiger partial charge in [0.1, 0.15) is 16.0 Å². The SMILES string of the molecule is O=C(NCCN1C(=O)/C(=C\c2ccc3c(c2)OCO3)SC1=S)c1cc(F)ccc1F.